The number of hydrogen-bond acceptors (Lipinski definition) is 3. The second kappa shape index (κ2) is 5.15. The molecule has 2 rings (SSSR count). The van der Waals surface area contributed by atoms with Crippen molar-refractivity contribution in [2.75, 3.05) is 31.6 Å². The molecule has 1 aromatic rings. The first-order chi connectivity index (χ1) is 8.20. The maximum atomic E-state index is 13.2. The van der Waals surface area contributed by atoms with Gasteiger partial charge in [0, 0.05) is 25.3 Å². The van der Waals surface area contributed by atoms with Crippen LogP contribution in [0.3, 0.4) is 0 Å². The zero-order chi connectivity index (χ0) is 12.3. The third-order valence-corrected chi connectivity index (χ3v) is 3.15. The summed E-state index contributed by atoms with van der Waals surface area (Å²) in [5.41, 5.74) is 0.873. The molecule has 1 atom stereocenters. The standard InChI is InChI=1S/C13H16FN3/c1-16-7-8-17(13(10-16)5-6-15)12-4-2-3-11(14)9-12/h2-4,9,13H,5,7-8,10H2,1H3. The molecule has 1 aliphatic rings. The van der Waals surface area contributed by atoms with Crippen molar-refractivity contribution >= 4 is 5.69 Å². The summed E-state index contributed by atoms with van der Waals surface area (Å²) >= 11 is 0. The van der Waals surface area contributed by atoms with Gasteiger partial charge in [-0.05, 0) is 25.2 Å². The summed E-state index contributed by atoms with van der Waals surface area (Å²) < 4.78 is 13.2. The van der Waals surface area contributed by atoms with Gasteiger partial charge in [-0.1, -0.05) is 6.07 Å². The molecule has 90 valence electrons. The highest BCUT2D eigenvalue weighted by Crippen LogP contribution is 2.22. The van der Waals surface area contributed by atoms with Crippen LogP contribution in [0.15, 0.2) is 24.3 Å². The molecular weight excluding hydrogens is 217 g/mol. The van der Waals surface area contributed by atoms with Crippen LogP contribution in [0.1, 0.15) is 6.42 Å². The Hall–Kier alpha value is -1.60. The Kier molecular flexibility index (Phi) is 3.60. The average Bonchev–Trinajstić information content (AvgIpc) is 2.29. The predicted molar refractivity (Wildman–Crippen MR) is 65.3 cm³/mol. The summed E-state index contributed by atoms with van der Waals surface area (Å²) in [6, 6.07) is 8.96. The monoisotopic (exact) mass is 233 g/mol. The highest BCUT2D eigenvalue weighted by atomic mass is 19.1. The first kappa shape index (κ1) is 11.9. The Labute approximate surface area is 101 Å². The summed E-state index contributed by atoms with van der Waals surface area (Å²) in [6.07, 6.45) is 0.473. The number of anilines is 1. The molecule has 0 N–H and O–H groups in total. The third-order valence-electron chi connectivity index (χ3n) is 3.15. The molecule has 0 saturated carbocycles. The smallest absolute Gasteiger partial charge is 0.125 e. The normalized spacial score (nSPS) is 21.2. The quantitative estimate of drug-likeness (QED) is 0.781. The van der Waals surface area contributed by atoms with E-state index in [9.17, 15) is 4.39 Å². The molecule has 1 aromatic carbocycles. The fraction of sp³-hybridized carbons (Fsp3) is 0.462. The summed E-state index contributed by atoms with van der Waals surface area (Å²) in [6.45, 7) is 2.63. The Morgan fingerprint density at radius 1 is 1.47 bits per heavy atom. The van der Waals surface area contributed by atoms with Crippen LogP contribution in [0.4, 0.5) is 10.1 Å². The van der Waals surface area contributed by atoms with Gasteiger partial charge in [0.1, 0.15) is 5.82 Å². The van der Waals surface area contributed by atoms with E-state index < -0.39 is 0 Å². The van der Waals surface area contributed by atoms with Gasteiger partial charge in [-0.25, -0.2) is 4.39 Å². The summed E-state index contributed by atoms with van der Waals surface area (Å²) in [4.78, 5) is 4.34. The fourth-order valence-electron chi connectivity index (χ4n) is 2.29. The first-order valence-electron chi connectivity index (χ1n) is 5.78. The number of likely N-dealkylation sites (N-methyl/N-ethyl adjacent to an activating group) is 1. The maximum Gasteiger partial charge on any atom is 0.125 e. The topological polar surface area (TPSA) is 30.3 Å². The largest absolute Gasteiger partial charge is 0.365 e. The van der Waals surface area contributed by atoms with E-state index in [2.05, 4.69) is 15.9 Å². The fourth-order valence-corrected chi connectivity index (χ4v) is 2.29. The van der Waals surface area contributed by atoms with E-state index in [0.29, 0.717) is 6.42 Å². The van der Waals surface area contributed by atoms with Gasteiger partial charge in [0.25, 0.3) is 0 Å². The molecule has 4 heteroatoms. The van der Waals surface area contributed by atoms with Gasteiger partial charge in [-0.2, -0.15) is 5.26 Å². The lowest BCUT2D eigenvalue weighted by molar-refractivity contribution is 0.268. The number of piperazine rings is 1. The highest BCUT2D eigenvalue weighted by Gasteiger charge is 2.25. The number of hydrogen-bond donors (Lipinski definition) is 0. The van der Waals surface area contributed by atoms with Crippen LogP contribution < -0.4 is 4.90 Å². The van der Waals surface area contributed by atoms with Gasteiger partial charge < -0.3 is 9.80 Å². The van der Waals surface area contributed by atoms with E-state index in [0.717, 1.165) is 25.3 Å². The first-order valence-corrected chi connectivity index (χ1v) is 5.78. The van der Waals surface area contributed by atoms with E-state index >= 15 is 0 Å². The van der Waals surface area contributed by atoms with Crippen LogP contribution in [0.5, 0.6) is 0 Å². The van der Waals surface area contributed by atoms with E-state index in [1.54, 1.807) is 6.07 Å². The Morgan fingerprint density at radius 3 is 3.00 bits per heavy atom. The molecule has 1 aliphatic heterocycles. The lowest BCUT2D eigenvalue weighted by Crippen LogP contribution is -2.51. The van der Waals surface area contributed by atoms with Crippen LogP contribution in [-0.2, 0) is 0 Å². The summed E-state index contributed by atoms with van der Waals surface area (Å²) in [5.74, 6) is -0.225. The molecule has 0 bridgehead atoms. The molecule has 1 fully saturated rings. The number of halogens is 1. The molecule has 1 heterocycles. The van der Waals surface area contributed by atoms with Crippen molar-refractivity contribution in [3.8, 4) is 6.07 Å². The number of benzene rings is 1. The molecule has 1 unspecified atom stereocenters. The Balaban J connectivity index is 2.20. The highest BCUT2D eigenvalue weighted by molar-refractivity contribution is 5.48. The van der Waals surface area contributed by atoms with Crippen LogP contribution in [0.25, 0.3) is 0 Å². The molecular formula is C13H16FN3. The number of nitrogens with zero attached hydrogens (tertiary/aromatic N) is 3. The zero-order valence-electron chi connectivity index (χ0n) is 9.93. The molecule has 1 saturated heterocycles. The van der Waals surface area contributed by atoms with Gasteiger partial charge in [0.2, 0.25) is 0 Å². The van der Waals surface area contributed by atoms with E-state index in [-0.39, 0.29) is 11.9 Å². The van der Waals surface area contributed by atoms with Crippen molar-refractivity contribution in [2.24, 2.45) is 0 Å². The second-order valence-corrected chi connectivity index (χ2v) is 4.45. The average molecular weight is 233 g/mol. The minimum atomic E-state index is -0.225. The minimum absolute atomic E-state index is 0.153. The van der Waals surface area contributed by atoms with Crippen LogP contribution in [0.2, 0.25) is 0 Å². The van der Waals surface area contributed by atoms with E-state index in [1.807, 2.05) is 13.1 Å². The van der Waals surface area contributed by atoms with Crippen LogP contribution in [0, 0.1) is 17.1 Å². The van der Waals surface area contributed by atoms with Crippen molar-refractivity contribution in [3.05, 3.63) is 30.1 Å². The lowest BCUT2D eigenvalue weighted by atomic mass is 10.1. The Bertz CT molecular complexity index is 427. The van der Waals surface area contributed by atoms with Crippen LogP contribution >= 0.6 is 0 Å². The van der Waals surface area contributed by atoms with Gasteiger partial charge in [0.05, 0.1) is 18.5 Å². The lowest BCUT2D eigenvalue weighted by Gasteiger charge is -2.40. The van der Waals surface area contributed by atoms with Gasteiger partial charge >= 0.3 is 0 Å². The van der Waals surface area contributed by atoms with Crippen molar-refractivity contribution in [2.45, 2.75) is 12.5 Å². The van der Waals surface area contributed by atoms with Gasteiger partial charge in [-0.15, -0.1) is 0 Å². The minimum Gasteiger partial charge on any atom is -0.365 e. The Morgan fingerprint density at radius 2 is 2.29 bits per heavy atom. The summed E-state index contributed by atoms with van der Waals surface area (Å²) in [7, 11) is 2.05. The summed E-state index contributed by atoms with van der Waals surface area (Å²) in [5, 5.41) is 8.85. The van der Waals surface area contributed by atoms with Crippen LogP contribution in [-0.4, -0.2) is 37.6 Å². The predicted octanol–water partition coefficient (Wildman–Crippen LogP) is 1.86. The van der Waals surface area contributed by atoms with Crippen molar-refractivity contribution in [1.29, 1.82) is 5.26 Å². The molecule has 0 radical (unpaired) electrons. The van der Waals surface area contributed by atoms with Gasteiger partial charge in [-0.3, -0.25) is 0 Å². The number of rotatable bonds is 2. The van der Waals surface area contributed by atoms with Gasteiger partial charge in [0.15, 0.2) is 0 Å². The SMILES string of the molecule is CN1CCN(c2cccc(F)c2)C(CC#N)C1. The van der Waals surface area contributed by atoms with E-state index in [4.69, 9.17) is 5.26 Å². The molecule has 3 nitrogen and oxygen atoms in total. The molecule has 0 amide bonds. The molecule has 0 spiro atoms. The van der Waals surface area contributed by atoms with Crippen molar-refractivity contribution in [1.82, 2.24) is 4.90 Å². The van der Waals surface area contributed by atoms with E-state index in [1.165, 1.54) is 12.1 Å². The molecule has 17 heavy (non-hydrogen) atoms. The maximum absolute atomic E-state index is 13.2. The second-order valence-electron chi connectivity index (χ2n) is 4.45. The zero-order valence-corrected chi connectivity index (χ0v) is 9.93. The molecule has 0 aliphatic carbocycles. The third kappa shape index (κ3) is 2.75. The number of nitriles is 1. The van der Waals surface area contributed by atoms with Crippen molar-refractivity contribution in [3.63, 3.8) is 0 Å². The molecule has 0 aromatic heterocycles. The van der Waals surface area contributed by atoms with Crippen molar-refractivity contribution < 1.29 is 4.39 Å².